The number of urea groups is 1. The van der Waals surface area contributed by atoms with Crippen molar-refractivity contribution in [2.45, 2.75) is 13.8 Å². The molecule has 1 aromatic carbocycles. The van der Waals surface area contributed by atoms with E-state index in [4.69, 9.17) is 0 Å². The van der Waals surface area contributed by atoms with E-state index in [0.29, 0.717) is 10.7 Å². The Morgan fingerprint density at radius 1 is 1.33 bits per heavy atom. The summed E-state index contributed by atoms with van der Waals surface area (Å²) in [5, 5.41) is 2.91. The van der Waals surface area contributed by atoms with E-state index < -0.39 is 11.9 Å². The van der Waals surface area contributed by atoms with E-state index >= 15 is 0 Å². The third-order valence-corrected chi connectivity index (χ3v) is 5.63. The fourth-order valence-electron chi connectivity index (χ4n) is 2.95. The molecule has 1 N–H and O–H groups in total. The van der Waals surface area contributed by atoms with E-state index in [0.717, 1.165) is 21.7 Å². The maximum atomic E-state index is 12.6. The summed E-state index contributed by atoms with van der Waals surface area (Å²) in [5.74, 6) is -0.589. The fraction of sp³-hybridized carbons (Fsp3) is 0.316. The monoisotopic (exact) mass is 385 g/mol. The lowest BCUT2D eigenvalue weighted by Gasteiger charge is -2.26. The number of imide groups is 1. The van der Waals surface area contributed by atoms with Crippen LogP contribution in [0.4, 0.5) is 10.5 Å². The highest BCUT2D eigenvalue weighted by atomic mass is 32.2. The van der Waals surface area contributed by atoms with Crippen LogP contribution in [-0.2, 0) is 9.59 Å². The van der Waals surface area contributed by atoms with Gasteiger partial charge >= 0.3 is 11.9 Å². The number of hydrogen-bond donors (Lipinski definition) is 1. The van der Waals surface area contributed by atoms with E-state index in [1.54, 1.807) is 19.3 Å². The van der Waals surface area contributed by atoms with Gasteiger partial charge in [0.25, 0.3) is 5.84 Å². The van der Waals surface area contributed by atoms with Gasteiger partial charge in [0.1, 0.15) is 6.21 Å². The fourth-order valence-corrected chi connectivity index (χ4v) is 3.85. The summed E-state index contributed by atoms with van der Waals surface area (Å²) >= 11 is 1.28. The SMILES string of the molecule is Cc1ccc(C)c(NC(=O)CSC2=CC=NC3=[N+](C)C(=O)N(C)C(=O)C23)c1. The molecule has 0 aromatic heterocycles. The van der Waals surface area contributed by atoms with E-state index in [9.17, 15) is 14.4 Å². The third kappa shape index (κ3) is 3.71. The molecule has 0 aliphatic carbocycles. The van der Waals surface area contributed by atoms with Crippen molar-refractivity contribution in [3.8, 4) is 0 Å². The number of thioether (sulfide) groups is 1. The van der Waals surface area contributed by atoms with E-state index in [-0.39, 0.29) is 17.6 Å². The lowest BCUT2D eigenvalue weighted by molar-refractivity contribution is -0.407. The Hall–Kier alpha value is -2.74. The van der Waals surface area contributed by atoms with Crippen molar-refractivity contribution < 1.29 is 19.0 Å². The van der Waals surface area contributed by atoms with Crippen LogP contribution in [-0.4, -0.2) is 59.2 Å². The molecule has 0 saturated carbocycles. The Labute approximate surface area is 161 Å². The number of carbonyl (C=O) groups is 3. The number of fused-ring (bicyclic) bond motifs is 1. The predicted molar refractivity (Wildman–Crippen MR) is 106 cm³/mol. The molecule has 140 valence electrons. The highest BCUT2D eigenvalue weighted by molar-refractivity contribution is 8.03. The summed E-state index contributed by atoms with van der Waals surface area (Å²) in [6.45, 7) is 3.91. The van der Waals surface area contributed by atoms with Crippen molar-refractivity contribution in [3.63, 3.8) is 0 Å². The Balaban J connectivity index is 1.72. The molecule has 3 rings (SSSR count). The molecule has 8 heteroatoms. The van der Waals surface area contributed by atoms with Crippen LogP contribution < -0.4 is 5.32 Å². The number of allylic oxidation sites excluding steroid dienone is 1. The van der Waals surface area contributed by atoms with Gasteiger partial charge in [0.15, 0.2) is 5.92 Å². The number of rotatable bonds is 4. The molecule has 1 aromatic rings. The number of nitrogens with zero attached hydrogens (tertiary/aromatic N) is 3. The molecule has 2 heterocycles. The maximum Gasteiger partial charge on any atom is 0.445 e. The van der Waals surface area contributed by atoms with Crippen molar-refractivity contribution in [2.24, 2.45) is 10.9 Å². The van der Waals surface area contributed by atoms with Crippen LogP contribution in [0.2, 0.25) is 0 Å². The first-order chi connectivity index (χ1) is 12.8. The first-order valence-corrected chi connectivity index (χ1v) is 9.44. The number of amides is 4. The first-order valence-electron chi connectivity index (χ1n) is 8.46. The summed E-state index contributed by atoms with van der Waals surface area (Å²) in [6.07, 6.45) is 3.28. The second-order valence-electron chi connectivity index (χ2n) is 6.53. The molecule has 27 heavy (non-hydrogen) atoms. The summed E-state index contributed by atoms with van der Waals surface area (Å²) in [6, 6.07) is 5.47. The number of anilines is 1. The highest BCUT2D eigenvalue weighted by Crippen LogP contribution is 2.31. The minimum absolute atomic E-state index is 0.153. The Kier molecular flexibility index (Phi) is 5.27. The van der Waals surface area contributed by atoms with E-state index in [2.05, 4.69) is 10.3 Å². The molecule has 0 saturated heterocycles. The van der Waals surface area contributed by atoms with Gasteiger partial charge in [-0.15, -0.1) is 16.8 Å². The number of carbonyl (C=O) groups excluding carboxylic acids is 3. The molecular weight excluding hydrogens is 364 g/mol. The summed E-state index contributed by atoms with van der Waals surface area (Å²) in [7, 11) is 3.04. The molecule has 1 atom stereocenters. The standard InChI is InChI=1S/C19H20N4O3S/c1-11-5-6-12(2)13(9-11)21-15(24)10-27-14-7-8-20-17-16(14)18(25)23(4)19(26)22(17)3/h5-9,16H,10H2,1-4H3/p+1. The largest absolute Gasteiger partial charge is 0.445 e. The average molecular weight is 385 g/mol. The van der Waals surface area contributed by atoms with Crippen LogP contribution in [0.3, 0.4) is 0 Å². The van der Waals surface area contributed by atoms with Crippen LogP contribution in [0.5, 0.6) is 0 Å². The normalized spacial score (nSPS) is 19.2. The van der Waals surface area contributed by atoms with Crippen molar-refractivity contribution in [3.05, 3.63) is 40.3 Å². The van der Waals surface area contributed by atoms with E-state index in [1.807, 2.05) is 32.0 Å². The number of amidine groups is 1. The van der Waals surface area contributed by atoms with Gasteiger partial charge in [-0.25, -0.2) is 4.79 Å². The van der Waals surface area contributed by atoms with Crippen LogP contribution in [0.1, 0.15) is 11.1 Å². The maximum absolute atomic E-state index is 12.6. The predicted octanol–water partition coefficient (Wildman–Crippen LogP) is 2.19. The van der Waals surface area contributed by atoms with Gasteiger partial charge in [-0.2, -0.15) is 9.48 Å². The molecule has 0 bridgehead atoms. The quantitative estimate of drug-likeness (QED) is 0.806. The average Bonchev–Trinajstić information content (AvgIpc) is 2.65. The Morgan fingerprint density at radius 3 is 2.81 bits per heavy atom. The van der Waals surface area contributed by atoms with Crippen LogP contribution in [0.25, 0.3) is 0 Å². The zero-order valence-corrected chi connectivity index (χ0v) is 16.5. The number of aliphatic imine (C=N–C) groups is 1. The zero-order valence-electron chi connectivity index (χ0n) is 15.6. The molecule has 7 nitrogen and oxygen atoms in total. The van der Waals surface area contributed by atoms with Gasteiger partial charge in [0.2, 0.25) is 5.91 Å². The smallest absolute Gasteiger partial charge is 0.325 e. The van der Waals surface area contributed by atoms with Gasteiger partial charge < -0.3 is 5.32 Å². The lowest BCUT2D eigenvalue weighted by Crippen LogP contribution is -2.52. The topological polar surface area (TPSA) is 81.8 Å². The van der Waals surface area contributed by atoms with E-state index in [1.165, 1.54) is 23.4 Å². The van der Waals surface area contributed by atoms with Gasteiger partial charge in [0, 0.05) is 10.6 Å². The van der Waals surface area contributed by atoms with Crippen molar-refractivity contribution in [2.75, 3.05) is 25.2 Å². The number of benzene rings is 1. The van der Waals surface area contributed by atoms with Crippen LogP contribution >= 0.6 is 11.8 Å². The molecular formula is C19H21N4O3S+. The minimum Gasteiger partial charge on any atom is -0.325 e. The van der Waals surface area contributed by atoms with Gasteiger partial charge in [0.05, 0.1) is 19.8 Å². The van der Waals surface area contributed by atoms with Crippen molar-refractivity contribution >= 4 is 47.3 Å². The van der Waals surface area contributed by atoms with Crippen LogP contribution in [0.15, 0.2) is 34.2 Å². The highest BCUT2D eigenvalue weighted by Gasteiger charge is 2.47. The first kappa shape index (κ1) is 19.0. The molecule has 2 aliphatic heterocycles. The third-order valence-electron chi connectivity index (χ3n) is 4.52. The van der Waals surface area contributed by atoms with Crippen molar-refractivity contribution in [1.29, 1.82) is 0 Å². The molecule has 0 fully saturated rings. The number of aryl methyl sites for hydroxylation is 2. The minimum atomic E-state index is -0.652. The second-order valence-corrected chi connectivity index (χ2v) is 7.58. The Bertz CT molecular complexity index is 933. The molecule has 0 radical (unpaired) electrons. The number of dihydropyridines is 1. The summed E-state index contributed by atoms with van der Waals surface area (Å²) in [4.78, 5) is 43.0. The van der Waals surface area contributed by atoms with Crippen LogP contribution in [0, 0.1) is 19.8 Å². The zero-order chi connectivity index (χ0) is 19.7. The molecule has 4 amide bonds. The van der Waals surface area contributed by atoms with Gasteiger partial charge in [-0.05, 0) is 37.1 Å². The summed E-state index contributed by atoms with van der Waals surface area (Å²) < 4.78 is 1.37. The van der Waals surface area contributed by atoms with Gasteiger partial charge in [-0.3, -0.25) is 9.59 Å². The van der Waals surface area contributed by atoms with Crippen molar-refractivity contribution in [1.82, 2.24) is 4.90 Å². The summed E-state index contributed by atoms with van der Waals surface area (Å²) in [5.41, 5.74) is 2.84. The molecule has 0 spiro atoms. The molecule has 1 unspecified atom stereocenters. The lowest BCUT2D eigenvalue weighted by atomic mass is 10.0. The molecule has 2 aliphatic rings. The number of hydrogen-bond acceptors (Lipinski definition) is 5. The Morgan fingerprint density at radius 2 is 2.07 bits per heavy atom. The number of nitrogens with one attached hydrogen (secondary N) is 1. The van der Waals surface area contributed by atoms with Gasteiger partial charge in [-0.1, -0.05) is 12.1 Å². The second kappa shape index (κ2) is 7.48.